The molecule has 2 rings (SSSR count). The van der Waals surface area contributed by atoms with Crippen molar-refractivity contribution in [3.05, 3.63) is 59.4 Å². The fraction of sp³-hybridized carbons (Fsp3) is 0.188. The van der Waals surface area contributed by atoms with E-state index < -0.39 is 28.4 Å². The summed E-state index contributed by atoms with van der Waals surface area (Å²) in [7, 11) is -3.98. The molecule has 2 aromatic rings. The second kappa shape index (κ2) is 7.52. The third kappa shape index (κ3) is 4.85. The van der Waals surface area contributed by atoms with Crippen molar-refractivity contribution in [2.45, 2.75) is 18.7 Å². The van der Waals surface area contributed by atoms with Gasteiger partial charge in [0.2, 0.25) is 0 Å². The Morgan fingerprint density at radius 2 is 1.79 bits per heavy atom. The molecule has 0 radical (unpaired) electrons. The van der Waals surface area contributed by atoms with Gasteiger partial charge in [-0.05, 0) is 49.7 Å². The van der Waals surface area contributed by atoms with E-state index in [9.17, 15) is 17.6 Å². The molecule has 24 heavy (non-hydrogen) atoms. The van der Waals surface area contributed by atoms with Crippen LogP contribution in [0.5, 0.6) is 0 Å². The Bertz CT molecular complexity index is 836. The van der Waals surface area contributed by atoms with Crippen LogP contribution in [0.4, 0.5) is 10.1 Å². The zero-order valence-corrected chi connectivity index (χ0v) is 14.0. The summed E-state index contributed by atoms with van der Waals surface area (Å²) in [6, 6.07) is 9.73. The Kier molecular flexibility index (Phi) is 5.66. The lowest BCUT2D eigenvalue weighted by molar-refractivity contribution is -0.121. The molecule has 0 atom stereocenters. The van der Waals surface area contributed by atoms with Crippen molar-refractivity contribution in [3.63, 3.8) is 0 Å². The largest absolute Gasteiger partial charge is 0.324 e. The minimum Gasteiger partial charge on any atom is -0.324 e. The molecule has 128 valence electrons. The Morgan fingerprint density at radius 3 is 2.42 bits per heavy atom. The van der Waals surface area contributed by atoms with Gasteiger partial charge in [-0.3, -0.25) is 9.63 Å². The minimum atomic E-state index is -3.98. The van der Waals surface area contributed by atoms with Gasteiger partial charge in [0.1, 0.15) is 12.4 Å². The van der Waals surface area contributed by atoms with E-state index in [-0.39, 0.29) is 4.90 Å². The lowest BCUT2D eigenvalue weighted by Crippen LogP contribution is -2.29. The van der Waals surface area contributed by atoms with E-state index in [1.54, 1.807) is 6.07 Å². The second-order valence-corrected chi connectivity index (χ2v) is 6.84. The molecule has 0 aliphatic carbocycles. The maximum atomic E-state index is 12.8. The molecule has 2 N–H and O–H groups in total. The predicted octanol–water partition coefficient (Wildman–Crippen LogP) is 2.29. The van der Waals surface area contributed by atoms with Gasteiger partial charge >= 0.3 is 0 Å². The summed E-state index contributed by atoms with van der Waals surface area (Å²) < 4.78 is 36.6. The van der Waals surface area contributed by atoms with Crippen molar-refractivity contribution >= 4 is 21.6 Å². The number of benzene rings is 2. The van der Waals surface area contributed by atoms with Crippen LogP contribution in [0.15, 0.2) is 47.4 Å². The first-order valence-corrected chi connectivity index (χ1v) is 8.52. The average molecular weight is 352 g/mol. The molecule has 0 saturated carbocycles. The van der Waals surface area contributed by atoms with Crippen LogP contribution < -0.4 is 10.2 Å². The highest BCUT2D eigenvalue weighted by molar-refractivity contribution is 7.89. The van der Waals surface area contributed by atoms with Crippen LogP contribution in [0.1, 0.15) is 11.1 Å². The van der Waals surface area contributed by atoms with Crippen molar-refractivity contribution in [1.82, 2.24) is 4.89 Å². The quantitative estimate of drug-likeness (QED) is 0.781. The highest BCUT2D eigenvalue weighted by atomic mass is 32.2. The Labute approximate surface area is 139 Å². The third-order valence-corrected chi connectivity index (χ3v) is 4.38. The molecule has 0 spiro atoms. The molecule has 0 aliphatic heterocycles. The van der Waals surface area contributed by atoms with Gasteiger partial charge in [0.15, 0.2) is 0 Å². The van der Waals surface area contributed by atoms with Crippen molar-refractivity contribution in [3.8, 4) is 0 Å². The smallest absolute Gasteiger partial charge is 0.262 e. The maximum absolute atomic E-state index is 12.8. The van der Waals surface area contributed by atoms with E-state index in [0.717, 1.165) is 35.4 Å². The fourth-order valence-corrected chi connectivity index (χ4v) is 2.78. The van der Waals surface area contributed by atoms with Gasteiger partial charge in [-0.1, -0.05) is 22.6 Å². The van der Waals surface area contributed by atoms with Crippen LogP contribution in [-0.2, 0) is 19.7 Å². The van der Waals surface area contributed by atoms with Gasteiger partial charge in [0.05, 0.1) is 4.90 Å². The molecule has 0 bridgehead atoms. The van der Waals surface area contributed by atoms with Gasteiger partial charge in [-0.2, -0.15) is 0 Å². The van der Waals surface area contributed by atoms with Gasteiger partial charge in [-0.25, -0.2) is 12.8 Å². The van der Waals surface area contributed by atoms with Crippen LogP contribution in [0.3, 0.4) is 0 Å². The van der Waals surface area contributed by atoms with Gasteiger partial charge < -0.3 is 5.32 Å². The Morgan fingerprint density at radius 1 is 1.12 bits per heavy atom. The van der Waals surface area contributed by atoms with E-state index in [1.807, 2.05) is 30.9 Å². The van der Waals surface area contributed by atoms with Gasteiger partial charge in [0.25, 0.3) is 15.9 Å². The fourth-order valence-electron chi connectivity index (χ4n) is 1.97. The number of nitrogens with one attached hydrogen (secondary N) is 2. The molecule has 0 unspecified atom stereocenters. The molecule has 0 aliphatic rings. The number of carbonyl (C=O) groups is 1. The number of carbonyl (C=O) groups excluding carboxylic acids is 1. The van der Waals surface area contributed by atoms with Crippen LogP contribution in [0.2, 0.25) is 0 Å². The topological polar surface area (TPSA) is 84.5 Å². The molecule has 0 aromatic heterocycles. The van der Waals surface area contributed by atoms with Crippen LogP contribution >= 0.6 is 0 Å². The summed E-state index contributed by atoms with van der Waals surface area (Å²) >= 11 is 0. The van der Waals surface area contributed by atoms with Crippen molar-refractivity contribution in [1.29, 1.82) is 0 Å². The summed E-state index contributed by atoms with van der Waals surface area (Å²) in [5, 5.41) is 2.62. The van der Waals surface area contributed by atoms with Gasteiger partial charge in [0, 0.05) is 5.69 Å². The van der Waals surface area contributed by atoms with E-state index in [2.05, 4.69) is 5.32 Å². The number of hydrogen-bond donors (Lipinski definition) is 2. The molecule has 8 heteroatoms. The van der Waals surface area contributed by atoms with E-state index in [0.29, 0.717) is 5.69 Å². The van der Waals surface area contributed by atoms with E-state index in [1.165, 1.54) is 0 Å². The van der Waals surface area contributed by atoms with E-state index >= 15 is 0 Å². The molecule has 0 fully saturated rings. The molecule has 0 saturated heterocycles. The molecular formula is C16H17FN2O4S. The number of hydrogen-bond acceptors (Lipinski definition) is 4. The number of anilines is 1. The average Bonchev–Trinajstić information content (AvgIpc) is 2.50. The summed E-state index contributed by atoms with van der Waals surface area (Å²) in [6.45, 7) is 3.28. The Hall–Kier alpha value is -2.29. The predicted molar refractivity (Wildman–Crippen MR) is 87.2 cm³/mol. The SMILES string of the molecule is Cc1ccc(NC(=O)CONS(=O)(=O)c2ccc(F)cc2)c(C)c1. The molecule has 0 heterocycles. The first kappa shape index (κ1) is 18.1. The number of rotatable bonds is 6. The molecule has 6 nitrogen and oxygen atoms in total. The normalized spacial score (nSPS) is 11.3. The van der Waals surface area contributed by atoms with Crippen molar-refractivity contribution in [2.75, 3.05) is 11.9 Å². The first-order chi connectivity index (χ1) is 11.3. The lowest BCUT2D eigenvalue weighted by Gasteiger charge is -2.10. The monoisotopic (exact) mass is 352 g/mol. The summed E-state index contributed by atoms with van der Waals surface area (Å²) in [5.41, 5.74) is 2.57. The third-order valence-electron chi connectivity index (χ3n) is 3.15. The summed E-state index contributed by atoms with van der Waals surface area (Å²) in [5.74, 6) is -1.06. The van der Waals surface area contributed by atoms with Crippen molar-refractivity contribution in [2.24, 2.45) is 0 Å². The maximum Gasteiger partial charge on any atom is 0.262 e. The number of sulfonamides is 1. The van der Waals surface area contributed by atoms with E-state index in [4.69, 9.17) is 4.84 Å². The lowest BCUT2D eigenvalue weighted by atomic mass is 10.1. The second-order valence-electron chi connectivity index (χ2n) is 5.20. The van der Waals surface area contributed by atoms with Gasteiger partial charge in [-0.15, -0.1) is 0 Å². The standard InChI is InChI=1S/C16H17FN2O4S/c1-11-3-8-15(12(2)9-11)18-16(20)10-23-19-24(21,22)14-6-4-13(17)5-7-14/h3-9,19H,10H2,1-2H3,(H,18,20). The zero-order valence-electron chi connectivity index (χ0n) is 13.2. The first-order valence-electron chi connectivity index (χ1n) is 7.04. The number of halogens is 1. The molecular weight excluding hydrogens is 335 g/mol. The number of amides is 1. The van der Waals surface area contributed by atoms with Crippen molar-refractivity contribution < 1.29 is 22.4 Å². The summed E-state index contributed by atoms with van der Waals surface area (Å²) in [6.07, 6.45) is 0. The van der Waals surface area contributed by atoms with Crippen LogP contribution in [-0.4, -0.2) is 20.9 Å². The molecule has 1 amide bonds. The van der Waals surface area contributed by atoms with Crippen LogP contribution in [0.25, 0.3) is 0 Å². The molecule has 2 aromatic carbocycles. The summed E-state index contributed by atoms with van der Waals surface area (Å²) in [4.78, 5) is 18.2. The number of aryl methyl sites for hydroxylation is 2. The zero-order chi connectivity index (χ0) is 17.7. The highest BCUT2D eigenvalue weighted by Gasteiger charge is 2.15. The minimum absolute atomic E-state index is 0.168. The Balaban J connectivity index is 1.89. The highest BCUT2D eigenvalue weighted by Crippen LogP contribution is 2.15. The van der Waals surface area contributed by atoms with Crippen LogP contribution in [0, 0.1) is 19.7 Å².